The van der Waals surface area contributed by atoms with Gasteiger partial charge in [0.15, 0.2) is 12.2 Å². The Morgan fingerprint density at radius 1 is 0.310 bits per heavy atom. The van der Waals surface area contributed by atoms with Crippen molar-refractivity contribution in [1.29, 1.82) is 0 Å². The number of ether oxygens (including phenoxy) is 4. The maximum Gasteiger partial charge on any atom is 0.472 e. The smallest absolute Gasteiger partial charge is 0.462 e. The number of phosphoric ester groups is 2. The summed E-state index contributed by atoms with van der Waals surface area (Å²) in [4.78, 5) is 72.4. The molecule has 0 heterocycles. The second-order valence-corrected chi connectivity index (χ2v) is 27.9. The molecule has 0 aliphatic carbocycles. The fourth-order valence-electron chi connectivity index (χ4n) is 10.3. The van der Waals surface area contributed by atoms with Crippen molar-refractivity contribution in [2.24, 2.45) is 5.92 Å². The summed E-state index contributed by atoms with van der Waals surface area (Å²) in [5.41, 5.74) is 0. The molecule has 0 aliphatic heterocycles. The van der Waals surface area contributed by atoms with Gasteiger partial charge >= 0.3 is 39.5 Å². The van der Waals surface area contributed by atoms with E-state index < -0.39 is 97.5 Å². The average molecular weight is 1280 g/mol. The monoisotopic (exact) mass is 1280 g/mol. The van der Waals surface area contributed by atoms with Gasteiger partial charge in [0, 0.05) is 25.7 Å². The van der Waals surface area contributed by atoms with Crippen LogP contribution in [0.5, 0.6) is 0 Å². The average Bonchev–Trinajstić information content (AvgIpc) is 3.60. The highest BCUT2D eigenvalue weighted by molar-refractivity contribution is 7.47. The molecule has 0 rings (SSSR count). The van der Waals surface area contributed by atoms with E-state index in [1.54, 1.807) is 0 Å². The minimum Gasteiger partial charge on any atom is -0.462 e. The number of hydrogen-bond acceptors (Lipinski definition) is 15. The second-order valence-electron chi connectivity index (χ2n) is 25.0. The van der Waals surface area contributed by atoms with E-state index in [2.05, 4.69) is 34.6 Å². The van der Waals surface area contributed by atoms with Gasteiger partial charge in [-0.15, -0.1) is 0 Å². The summed E-state index contributed by atoms with van der Waals surface area (Å²) < 4.78 is 68.2. The summed E-state index contributed by atoms with van der Waals surface area (Å²) in [6.07, 6.45) is 47.1. The van der Waals surface area contributed by atoms with Gasteiger partial charge < -0.3 is 33.8 Å². The maximum atomic E-state index is 13.0. The van der Waals surface area contributed by atoms with Crippen molar-refractivity contribution in [2.75, 3.05) is 39.6 Å². The van der Waals surface area contributed by atoms with Crippen molar-refractivity contribution in [2.45, 2.75) is 368 Å². The Labute approximate surface area is 530 Å². The van der Waals surface area contributed by atoms with Gasteiger partial charge in [0.2, 0.25) is 0 Å². The molecular formula is C68H132O17P2. The number of esters is 4. The Kier molecular flexibility index (Phi) is 60.2. The van der Waals surface area contributed by atoms with Crippen LogP contribution in [-0.4, -0.2) is 96.7 Å². The molecule has 0 spiro atoms. The lowest BCUT2D eigenvalue weighted by Gasteiger charge is -2.21. The van der Waals surface area contributed by atoms with Crippen LogP contribution in [-0.2, 0) is 65.4 Å². The van der Waals surface area contributed by atoms with Gasteiger partial charge in [-0.3, -0.25) is 37.3 Å². The first-order valence-corrected chi connectivity index (χ1v) is 38.6. The molecule has 2 unspecified atom stereocenters. The number of carbonyl (C=O) groups excluding carboxylic acids is 4. The van der Waals surface area contributed by atoms with Crippen LogP contribution in [0.25, 0.3) is 0 Å². The van der Waals surface area contributed by atoms with Crippen molar-refractivity contribution in [3.05, 3.63) is 0 Å². The SMILES string of the molecule is CCCCCCCCCCCCCCCC(=O)OC[C@H](COP(=O)(O)OC[C@@H](O)COP(=O)(O)OC[C@@H](COC(=O)CCCCCCCCCCC)OC(=O)CCCCCCCCCCCC(C)C)OC(=O)CCCCCCCCCCCCCCC. The molecule has 516 valence electrons. The van der Waals surface area contributed by atoms with Crippen molar-refractivity contribution < 1.29 is 80.2 Å². The van der Waals surface area contributed by atoms with E-state index in [0.29, 0.717) is 25.7 Å². The highest BCUT2D eigenvalue weighted by Gasteiger charge is 2.30. The van der Waals surface area contributed by atoms with Crippen LogP contribution in [0.15, 0.2) is 0 Å². The summed E-state index contributed by atoms with van der Waals surface area (Å²) in [5, 5.41) is 10.6. The molecule has 0 saturated carbocycles. The Morgan fingerprint density at radius 3 is 0.782 bits per heavy atom. The number of carbonyl (C=O) groups is 4. The van der Waals surface area contributed by atoms with E-state index in [1.165, 1.54) is 173 Å². The molecule has 17 nitrogen and oxygen atoms in total. The van der Waals surface area contributed by atoms with Gasteiger partial charge in [0.25, 0.3) is 0 Å². The zero-order valence-electron chi connectivity index (χ0n) is 56.2. The van der Waals surface area contributed by atoms with E-state index in [9.17, 15) is 43.2 Å². The van der Waals surface area contributed by atoms with Gasteiger partial charge in [-0.1, -0.05) is 298 Å². The molecule has 0 aliphatic rings. The van der Waals surface area contributed by atoms with Crippen LogP contribution in [0.2, 0.25) is 0 Å². The predicted octanol–water partition coefficient (Wildman–Crippen LogP) is 19.4. The molecule has 0 aromatic rings. The molecule has 0 saturated heterocycles. The number of unbranched alkanes of at least 4 members (excludes halogenated alkanes) is 40. The molecule has 0 radical (unpaired) electrons. The molecule has 0 fully saturated rings. The zero-order chi connectivity index (χ0) is 64.2. The molecule has 0 aromatic heterocycles. The Bertz CT molecular complexity index is 1690. The Balaban J connectivity index is 5.24. The van der Waals surface area contributed by atoms with Crippen LogP contribution in [0.3, 0.4) is 0 Å². The van der Waals surface area contributed by atoms with Gasteiger partial charge in [-0.05, 0) is 31.6 Å². The second kappa shape index (κ2) is 61.6. The van der Waals surface area contributed by atoms with Gasteiger partial charge in [-0.2, -0.15) is 0 Å². The summed E-state index contributed by atoms with van der Waals surface area (Å²) in [6.45, 7) is 7.20. The molecule has 87 heavy (non-hydrogen) atoms. The van der Waals surface area contributed by atoms with Crippen molar-refractivity contribution >= 4 is 39.5 Å². The van der Waals surface area contributed by atoms with E-state index in [-0.39, 0.29) is 25.7 Å². The highest BCUT2D eigenvalue weighted by atomic mass is 31.2. The molecule has 19 heteroatoms. The van der Waals surface area contributed by atoms with Crippen LogP contribution in [0.1, 0.15) is 349 Å². The number of hydrogen-bond donors (Lipinski definition) is 3. The lowest BCUT2D eigenvalue weighted by Crippen LogP contribution is -2.30. The molecule has 0 amide bonds. The fraction of sp³-hybridized carbons (Fsp3) is 0.941. The normalized spacial score (nSPS) is 14.1. The van der Waals surface area contributed by atoms with Crippen molar-refractivity contribution in [3.63, 3.8) is 0 Å². The topological polar surface area (TPSA) is 237 Å². The Hall–Kier alpha value is -1.94. The lowest BCUT2D eigenvalue weighted by molar-refractivity contribution is -0.161. The number of aliphatic hydroxyl groups excluding tert-OH is 1. The summed E-state index contributed by atoms with van der Waals surface area (Å²) >= 11 is 0. The van der Waals surface area contributed by atoms with Crippen LogP contribution >= 0.6 is 15.6 Å². The highest BCUT2D eigenvalue weighted by Crippen LogP contribution is 2.45. The third-order valence-electron chi connectivity index (χ3n) is 15.8. The first-order chi connectivity index (χ1) is 42.0. The molecule has 5 atom stereocenters. The van der Waals surface area contributed by atoms with Crippen LogP contribution in [0, 0.1) is 5.92 Å². The first-order valence-electron chi connectivity index (χ1n) is 35.6. The predicted molar refractivity (Wildman–Crippen MR) is 349 cm³/mol. The Morgan fingerprint density at radius 2 is 0.529 bits per heavy atom. The number of rotatable bonds is 68. The van der Waals surface area contributed by atoms with Crippen LogP contribution < -0.4 is 0 Å². The zero-order valence-corrected chi connectivity index (χ0v) is 57.9. The first kappa shape index (κ1) is 85.1. The van der Waals surface area contributed by atoms with E-state index in [0.717, 1.165) is 95.8 Å². The summed E-state index contributed by atoms with van der Waals surface area (Å²) in [7, 11) is -9.89. The molecule has 3 N–H and O–H groups in total. The molecule has 0 aromatic carbocycles. The minimum atomic E-state index is -4.95. The lowest BCUT2D eigenvalue weighted by atomic mass is 10.0. The minimum absolute atomic E-state index is 0.106. The fourth-order valence-corrected chi connectivity index (χ4v) is 11.9. The van der Waals surface area contributed by atoms with E-state index in [1.807, 2.05) is 0 Å². The van der Waals surface area contributed by atoms with E-state index in [4.69, 9.17) is 37.0 Å². The van der Waals surface area contributed by atoms with Crippen molar-refractivity contribution in [3.8, 4) is 0 Å². The third-order valence-corrected chi connectivity index (χ3v) is 17.7. The summed E-state index contributed by atoms with van der Waals surface area (Å²) in [5.74, 6) is -1.39. The summed E-state index contributed by atoms with van der Waals surface area (Å²) in [6, 6.07) is 0. The number of aliphatic hydroxyl groups is 1. The number of phosphoric acid groups is 2. The van der Waals surface area contributed by atoms with Gasteiger partial charge in [0.05, 0.1) is 26.4 Å². The van der Waals surface area contributed by atoms with Crippen LogP contribution in [0.4, 0.5) is 0 Å². The standard InChI is InChI=1S/C68H132O17P2/c1-6-9-12-15-18-21-23-25-27-32-37-42-47-52-66(71)79-58-64(84-67(72)53-48-43-38-33-28-26-24-22-19-16-13-10-7-2)60-83-87(76,77)81-56-62(69)55-80-86(74,75)82-59-63(57-78-65(70)51-46-41-36-30-20-17-14-11-8-3)85-68(73)54-49-44-39-34-29-31-35-40-45-50-61(4)5/h61-64,69H,6-60H2,1-5H3,(H,74,75)(H,76,77)/t62-,63+,64+/m0/s1. The van der Waals surface area contributed by atoms with Gasteiger partial charge in [0.1, 0.15) is 19.3 Å². The largest absolute Gasteiger partial charge is 0.472 e. The van der Waals surface area contributed by atoms with Crippen molar-refractivity contribution in [1.82, 2.24) is 0 Å². The molecular weight excluding hydrogens is 1150 g/mol. The maximum absolute atomic E-state index is 13.0. The molecule has 0 bridgehead atoms. The van der Waals surface area contributed by atoms with E-state index >= 15 is 0 Å². The third kappa shape index (κ3) is 62.6. The van der Waals surface area contributed by atoms with Gasteiger partial charge in [-0.25, -0.2) is 9.13 Å². The quantitative estimate of drug-likeness (QED) is 0.0222.